The van der Waals surface area contributed by atoms with Crippen molar-refractivity contribution >= 4 is 33.5 Å². The number of halogens is 1. The number of Topliss-reactive ketones (excluding diaryl/α,β-unsaturated/α-hetero) is 1. The van der Waals surface area contributed by atoms with Crippen LogP contribution in [-0.4, -0.2) is 11.5 Å². The van der Waals surface area contributed by atoms with E-state index in [1.165, 1.54) is 24.2 Å². The van der Waals surface area contributed by atoms with E-state index >= 15 is 0 Å². The number of thioether (sulfide) groups is 1. The van der Waals surface area contributed by atoms with Gasteiger partial charge in [0.1, 0.15) is 5.78 Å². The minimum Gasteiger partial charge on any atom is -0.298 e. The minimum atomic E-state index is 0.336. The molecule has 3 heteroatoms. The molecule has 0 aliphatic heterocycles. The van der Waals surface area contributed by atoms with Crippen LogP contribution >= 0.6 is 27.7 Å². The number of carbonyl (C=O) groups is 1. The zero-order chi connectivity index (χ0) is 12.1. The molecule has 0 saturated heterocycles. The van der Waals surface area contributed by atoms with Gasteiger partial charge >= 0.3 is 0 Å². The summed E-state index contributed by atoms with van der Waals surface area (Å²) in [4.78, 5) is 13.2. The Balaban J connectivity index is 1.83. The van der Waals surface area contributed by atoms with Crippen LogP contribution in [0.4, 0.5) is 0 Å². The van der Waals surface area contributed by atoms with E-state index in [2.05, 4.69) is 28.1 Å². The van der Waals surface area contributed by atoms with Crippen LogP contribution in [-0.2, 0) is 4.79 Å². The van der Waals surface area contributed by atoms with Crippen molar-refractivity contribution < 1.29 is 4.79 Å². The second-order valence-corrected chi connectivity index (χ2v) is 6.51. The fraction of sp³-hybridized carbons (Fsp3) is 0.500. The highest BCUT2D eigenvalue weighted by molar-refractivity contribution is 9.10. The zero-order valence-electron chi connectivity index (χ0n) is 9.82. The van der Waals surface area contributed by atoms with Crippen molar-refractivity contribution in [1.82, 2.24) is 0 Å². The van der Waals surface area contributed by atoms with Crippen LogP contribution in [0.5, 0.6) is 0 Å². The van der Waals surface area contributed by atoms with Crippen molar-refractivity contribution in [2.75, 3.05) is 5.75 Å². The monoisotopic (exact) mass is 312 g/mol. The Morgan fingerprint density at radius 1 is 1.29 bits per heavy atom. The number of benzene rings is 1. The van der Waals surface area contributed by atoms with E-state index < -0.39 is 0 Å². The molecule has 1 aromatic rings. The summed E-state index contributed by atoms with van der Waals surface area (Å²) < 4.78 is 1.08. The van der Waals surface area contributed by atoms with Crippen LogP contribution in [0.3, 0.4) is 0 Å². The highest BCUT2D eigenvalue weighted by atomic mass is 79.9. The first-order valence-electron chi connectivity index (χ1n) is 6.17. The molecule has 1 aliphatic rings. The third kappa shape index (κ3) is 4.14. The Hall–Kier alpha value is -0.280. The fourth-order valence-corrected chi connectivity index (χ4v) is 3.73. The van der Waals surface area contributed by atoms with Gasteiger partial charge < -0.3 is 0 Å². The van der Waals surface area contributed by atoms with Gasteiger partial charge in [0.25, 0.3) is 0 Å². The number of carbonyl (C=O) groups excluding carboxylic acids is 1. The maximum Gasteiger partial charge on any atom is 0.146 e. The van der Waals surface area contributed by atoms with Gasteiger partial charge in [-0.2, -0.15) is 0 Å². The Bertz CT molecular complexity index is 386. The Morgan fingerprint density at radius 3 is 2.76 bits per heavy atom. The topological polar surface area (TPSA) is 17.1 Å². The predicted octanol–water partition coefficient (Wildman–Crippen LogP) is 4.69. The van der Waals surface area contributed by atoms with Crippen LogP contribution in [0, 0.1) is 5.92 Å². The van der Waals surface area contributed by atoms with Gasteiger partial charge in [0, 0.05) is 15.3 Å². The van der Waals surface area contributed by atoms with E-state index in [0.29, 0.717) is 17.5 Å². The van der Waals surface area contributed by atoms with Gasteiger partial charge in [0.2, 0.25) is 0 Å². The fourth-order valence-electron chi connectivity index (χ4n) is 2.25. The molecule has 1 saturated carbocycles. The lowest BCUT2D eigenvalue weighted by molar-refractivity contribution is -0.121. The smallest absolute Gasteiger partial charge is 0.146 e. The number of rotatable bonds is 4. The quantitative estimate of drug-likeness (QED) is 0.750. The summed E-state index contributed by atoms with van der Waals surface area (Å²) in [5, 5.41) is 0. The van der Waals surface area contributed by atoms with Crippen LogP contribution in [0.15, 0.2) is 33.6 Å². The number of ketones is 1. The molecule has 1 aromatic carbocycles. The van der Waals surface area contributed by atoms with Gasteiger partial charge in [0.05, 0.1) is 5.75 Å². The van der Waals surface area contributed by atoms with Gasteiger partial charge in [-0.25, -0.2) is 0 Å². The van der Waals surface area contributed by atoms with Crippen molar-refractivity contribution in [2.45, 2.75) is 37.0 Å². The lowest BCUT2D eigenvalue weighted by atomic mass is 9.87. The zero-order valence-corrected chi connectivity index (χ0v) is 12.2. The van der Waals surface area contributed by atoms with E-state index in [9.17, 15) is 4.79 Å². The summed E-state index contributed by atoms with van der Waals surface area (Å²) in [6.07, 6.45) is 5.99. The summed E-state index contributed by atoms with van der Waals surface area (Å²) in [5.41, 5.74) is 0. The molecule has 0 bridgehead atoms. The molecule has 2 rings (SSSR count). The van der Waals surface area contributed by atoms with Gasteiger partial charge in [0.15, 0.2) is 0 Å². The standard InChI is InChI=1S/C14H17BrOS/c15-12-7-4-8-13(9-12)17-10-14(16)11-5-2-1-3-6-11/h4,7-9,11H,1-3,5-6,10H2. The van der Waals surface area contributed by atoms with Crippen LogP contribution in [0.25, 0.3) is 0 Å². The summed E-state index contributed by atoms with van der Waals surface area (Å²) in [6, 6.07) is 8.15. The molecular formula is C14H17BrOS. The second-order valence-electron chi connectivity index (χ2n) is 4.55. The van der Waals surface area contributed by atoms with Gasteiger partial charge in [-0.3, -0.25) is 4.79 Å². The molecule has 1 aliphatic carbocycles. The second kappa shape index (κ2) is 6.60. The summed E-state index contributed by atoms with van der Waals surface area (Å²) >= 11 is 5.10. The van der Waals surface area contributed by atoms with Crippen molar-refractivity contribution in [1.29, 1.82) is 0 Å². The first kappa shape index (κ1) is 13.2. The lowest BCUT2D eigenvalue weighted by Gasteiger charge is -2.19. The van der Waals surface area contributed by atoms with Crippen molar-refractivity contribution in [3.8, 4) is 0 Å². The third-order valence-corrected chi connectivity index (χ3v) is 4.75. The molecule has 0 amide bonds. The first-order chi connectivity index (χ1) is 8.25. The molecule has 1 fully saturated rings. The Morgan fingerprint density at radius 2 is 2.06 bits per heavy atom. The van der Waals surface area contributed by atoms with E-state index in [4.69, 9.17) is 0 Å². The van der Waals surface area contributed by atoms with Crippen LogP contribution < -0.4 is 0 Å². The lowest BCUT2D eigenvalue weighted by Crippen LogP contribution is -2.19. The van der Waals surface area contributed by atoms with Crippen molar-refractivity contribution in [3.63, 3.8) is 0 Å². The summed E-state index contributed by atoms with van der Waals surface area (Å²) in [6.45, 7) is 0. The van der Waals surface area contributed by atoms with Crippen molar-refractivity contribution in [3.05, 3.63) is 28.7 Å². The molecule has 0 spiro atoms. The molecule has 17 heavy (non-hydrogen) atoms. The summed E-state index contributed by atoms with van der Waals surface area (Å²) in [5.74, 6) is 1.40. The highest BCUT2D eigenvalue weighted by Gasteiger charge is 2.20. The van der Waals surface area contributed by atoms with E-state index in [1.54, 1.807) is 11.8 Å². The summed E-state index contributed by atoms with van der Waals surface area (Å²) in [7, 11) is 0. The maximum atomic E-state index is 12.0. The van der Waals surface area contributed by atoms with Gasteiger partial charge in [-0.05, 0) is 31.0 Å². The molecule has 0 heterocycles. The highest BCUT2D eigenvalue weighted by Crippen LogP contribution is 2.28. The average molecular weight is 313 g/mol. The molecule has 0 unspecified atom stereocenters. The predicted molar refractivity (Wildman–Crippen MR) is 76.4 cm³/mol. The number of hydrogen-bond donors (Lipinski definition) is 0. The van der Waals surface area contributed by atoms with Crippen molar-refractivity contribution in [2.24, 2.45) is 5.92 Å². The number of hydrogen-bond acceptors (Lipinski definition) is 2. The molecule has 92 valence electrons. The largest absolute Gasteiger partial charge is 0.298 e. The third-order valence-electron chi connectivity index (χ3n) is 3.24. The molecule has 0 radical (unpaired) electrons. The molecule has 0 aromatic heterocycles. The van der Waals surface area contributed by atoms with Crippen LogP contribution in [0.2, 0.25) is 0 Å². The maximum absolute atomic E-state index is 12.0. The molecule has 1 nitrogen and oxygen atoms in total. The van der Waals surface area contributed by atoms with Gasteiger partial charge in [-0.15, -0.1) is 11.8 Å². The molecule has 0 N–H and O–H groups in total. The SMILES string of the molecule is O=C(CSc1cccc(Br)c1)C1CCCCC1. The van der Waals surface area contributed by atoms with E-state index in [1.807, 2.05) is 12.1 Å². The Labute approximate surface area is 115 Å². The van der Waals surface area contributed by atoms with E-state index in [-0.39, 0.29) is 0 Å². The van der Waals surface area contributed by atoms with Crippen LogP contribution in [0.1, 0.15) is 32.1 Å². The first-order valence-corrected chi connectivity index (χ1v) is 7.94. The van der Waals surface area contributed by atoms with Gasteiger partial charge in [-0.1, -0.05) is 41.3 Å². The Kier molecular flexibility index (Phi) is 5.11. The average Bonchev–Trinajstić information content (AvgIpc) is 2.37. The van der Waals surface area contributed by atoms with E-state index in [0.717, 1.165) is 17.3 Å². The normalized spacial score (nSPS) is 17.0. The minimum absolute atomic E-state index is 0.336. The molecular weight excluding hydrogens is 296 g/mol. The molecule has 0 atom stereocenters.